The fourth-order valence-electron chi connectivity index (χ4n) is 2.95. The Morgan fingerprint density at radius 2 is 1.65 bits per heavy atom. The number of carboxylic acids is 1. The summed E-state index contributed by atoms with van der Waals surface area (Å²) < 4.78 is 30.5. The van der Waals surface area contributed by atoms with E-state index in [1.807, 2.05) is 0 Å². The second kappa shape index (κ2) is 5.70. The van der Waals surface area contributed by atoms with Crippen LogP contribution in [0.1, 0.15) is 11.5 Å². The van der Waals surface area contributed by atoms with Crippen LogP contribution in [0.25, 0.3) is 0 Å². The molecule has 1 saturated carbocycles. The molecule has 0 radical (unpaired) electrons. The van der Waals surface area contributed by atoms with Gasteiger partial charge in [-0.15, -0.1) is 0 Å². The van der Waals surface area contributed by atoms with E-state index < -0.39 is 32.9 Å². The minimum absolute atomic E-state index is 0.160. The molecule has 0 saturated heterocycles. The number of benzene rings is 2. The molecular formula is C17H16O5S. The maximum absolute atomic E-state index is 12.7. The minimum atomic E-state index is -3.69. The van der Waals surface area contributed by atoms with E-state index in [2.05, 4.69) is 0 Å². The zero-order valence-corrected chi connectivity index (χ0v) is 13.2. The Kier molecular flexibility index (Phi) is 3.85. The van der Waals surface area contributed by atoms with Crippen LogP contribution < -0.4 is 4.74 Å². The fourth-order valence-corrected chi connectivity index (χ4v) is 5.10. The second-order valence-corrected chi connectivity index (χ2v) is 7.59. The van der Waals surface area contributed by atoms with Crippen molar-refractivity contribution in [3.8, 4) is 5.75 Å². The Bertz CT molecular complexity index is 812. The minimum Gasteiger partial charge on any atom is -0.497 e. The van der Waals surface area contributed by atoms with Crippen molar-refractivity contribution in [1.29, 1.82) is 0 Å². The lowest BCUT2D eigenvalue weighted by molar-refractivity contribution is -0.138. The molecule has 0 bridgehead atoms. The van der Waals surface area contributed by atoms with Crippen molar-refractivity contribution in [2.75, 3.05) is 7.11 Å². The van der Waals surface area contributed by atoms with Crippen molar-refractivity contribution in [2.45, 2.75) is 16.1 Å². The van der Waals surface area contributed by atoms with Gasteiger partial charge < -0.3 is 9.84 Å². The Morgan fingerprint density at radius 3 is 2.17 bits per heavy atom. The van der Waals surface area contributed by atoms with Crippen molar-refractivity contribution >= 4 is 15.8 Å². The van der Waals surface area contributed by atoms with Gasteiger partial charge in [0.1, 0.15) is 5.75 Å². The highest BCUT2D eigenvalue weighted by atomic mass is 32.2. The summed E-state index contributed by atoms with van der Waals surface area (Å²) in [4.78, 5) is 11.6. The van der Waals surface area contributed by atoms with Crippen LogP contribution in [-0.2, 0) is 14.6 Å². The largest absolute Gasteiger partial charge is 0.497 e. The van der Waals surface area contributed by atoms with E-state index >= 15 is 0 Å². The molecule has 1 N–H and O–H groups in total. The summed E-state index contributed by atoms with van der Waals surface area (Å²) in [5, 5.41) is 8.44. The first-order chi connectivity index (χ1) is 11.0. The number of carbonyl (C=O) groups is 1. The Morgan fingerprint density at radius 1 is 1.04 bits per heavy atom. The van der Waals surface area contributed by atoms with Gasteiger partial charge in [-0.3, -0.25) is 4.79 Å². The van der Waals surface area contributed by atoms with Gasteiger partial charge in [0.2, 0.25) is 0 Å². The molecule has 0 heterocycles. The topological polar surface area (TPSA) is 80.7 Å². The standard InChI is InChI=1S/C17H16O5S/c1-22-12-9-7-11(8-10-12)14-15(17(18)19)16(14)23(20,21)13-5-3-2-4-6-13/h2-10,14-16H,1H3,(H,18,19)/t14-,15+,16+/m1/s1. The monoisotopic (exact) mass is 332 g/mol. The lowest BCUT2D eigenvalue weighted by Crippen LogP contribution is -2.13. The third-order valence-corrected chi connectivity index (χ3v) is 6.40. The molecule has 1 aliphatic carbocycles. The van der Waals surface area contributed by atoms with E-state index in [9.17, 15) is 18.3 Å². The Hall–Kier alpha value is -2.34. The quantitative estimate of drug-likeness (QED) is 0.909. The van der Waals surface area contributed by atoms with E-state index in [-0.39, 0.29) is 4.90 Å². The van der Waals surface area contributed by atoms with Gasteiger partial charge in [0.05, 0.1) is 23.2 Å². The van der Waals surface area contributed by atoms with E-state index in [1.54, 1.807) is 42.5 Å². The van der Waals surface area contributed by atoms with Crippen LogP contribution >= 0.6 is 0 Å². The van der Waals surface area contributed by atoms with E-state index in [4.69, 9.17) is 4.74 Å². The number of sulfone groups is 1. The van der Waals surface area contributed by atoms with E-state index in [0.29, 0.717) is 11.3 Å². The van der Waals surface area contributed by atoms with Crippen molar-refractivity contribution in [1.82, 2.24) is 0 Å². The van der Waals surface area contributed by atoms with Gasteiger partial charge in [-0.25, -0.2) is 8.42 Å². The summed E-state index contributed by atoms with van der Waals surface area (Å²) in [7, 11) is -2.15. The van der Waals surface area contributed by atoms with Gasteiger partial charge in [0, 0.05) is 5.92 Å². The van der Waals surface area contributed by atoms with E-state index in [0.717, 1.165) is 0 Å². The summed E-state index contributed by atoms with van der Waals surface area (Å²) in [6.45, 7) is 0. The van der Waals surface area contributed by atoms with Gasteiger partial charge in [-0.2, -0.15) is 0 Å². The Balaban J connectivity index is 1.96. The van der Waals surface area contributed by atoms with Gasteiger partial charge in [-0.1, -0.05) is 30.3 Å². The highest BCUT2D eigenvalue weighted by Crippen LogP contribution is 2.54. The summed E-state index contributed by atoms with van der Waals surface area (Å²) >= 11 is 0. The number of rotatable bonds is 5. The number of methoxy groups -OCH3 is 1. The fraction of sp³-hybridized carbons (Fsp3) is 0.235. The molecule has 0 unspecified atom stereocenters. The van der Waals surface area contributed by atoms with Crippen molar-refractivity contribution < 1.29 is 23.1 Å². The first kappa shape index (κ1) is 15.6. The number of hydrogen-bond donors (Lipinski definition) is 1. The lowest BCUT2D eigenvalue weighted by Gasteiger charge is -2.04. The maximum Gasteiger partial charge on any atom is 0.308 e. The third-order valence-electron chi connectivity index (χ3n) is 4.17. The summed E-state index contributed by atoms with van der Waals surface area (Å²) in [5.41, 5.74) is 0.697. The predicted octanol–water partition coefficient (Wildman–Crippen LogP) is 2.34. The van der Waals surface area contributed by atoms with Crippen molar-refractivity contribution in [3.05, 3.63) is 60.2 Å². The molecular weight excluding hydrogens is 316 g/mol. The van der Waals surface area contributed by atoms with Crippen LogP contribution in [-0.4, -0.2) is 31.9 Å². The molecule has 0 spiro atoms. The van der Waals surface area contributed by atoms with Gasteiger partial charge in [0.25, 0.3) is 0 Å². The number of hydrogen-bond acceptors (Lipinski definition) is 4. The second-order valence-electron chi connectivity index (χ2n) is 5.49. The first-order valence-electron chi connectivity index (χ1n) is 7.12. The molecule has 120 valence electrons. The van der Waals surface area contributed by atoms with Crippen molar-refractivity contribution in [2.24, 2.45) is 5.92 Å². The van der Waals surface area contributed by atoms with Gasteiger partial charge in [-0.05, 0) is 29.8 Å². The summed E-state index contributed by atoms with van der Waals surface area (Å²) in [5.74, 6) is -1.91. The molecule has 2 aromatic carbocycles. The first-order valence-corrected chi connectivity index (χ1v) is 8.67. The number of aliphatic carboxylic acids is 1. The highest BCUT2D eigenvalue weighted by Gasteiger charge is 2.63. The molecule has 5 nitrogen and oxygen atoms in total. The third kappa shape index (κ3) is 2.70. The maximum atomic E-state index is 12.7. The zero-order chi connectivity index (χ0) is 16.6. The molecule has 3 atom stereocenters. The molecule has 0 amide bonds. The highest BCUT2D eigenvalue weighted by molar-refractivity contribution is 7.92. The van der Waals surface area contributed by atoms with Gasteiger partial charge >= 0.3 is 5.97 Å². The Labute approximate surface area is 134 Å². The molecule has 1 fully saturated rings. The molecule has 0 aromatic heterocycles. The molecule has 0 aliphatic heterocycles. The number of ether oxygens (including phenoxy) is 1. The van der Waals surface area contributed by atoms with Gasteiger partial charge in [0.15, 0.2) is 9.84 Å². The number of carboxylic acid groups (broad SMARTS) is 1. The smallest absolute Gasteiger partial charge is 0.308 e. The average molecular weight is 332 g/mol. The lowest BCUT2D eigenvalue weighted by atomic mass is 10.1. The normalized spacial score (nSPS) is 23.3. The van der Waals surface area contributed by atoms with Crippen LogP contribution in [0, 0.1) is 5.92 Å². The molecule has 3 rings (SSSR count). The predicted molar refractivity (Wildman–Crippen MR) is 84.3 cm³/mol. The van der Waals surface area contributed by atoms with Crippen LogP contribution in [0.4, 0.5) is 0 Å². The summed E-state index contributed by atoms with van der Waals surface area (Å²) in [6, 6.07) is 14.8. The molecule has 2 aromatic rings. The molecule has 1 aliphatic rings. The van der Waals surface area contributed by atoms with Crippen LogP contribution in [0.5, 0.6) is 5.75 Å². The van der Waals surface area contributed by atoms with Crippen molar-refractivity contribution in [3.63, 3.8) is 0 Å². The van der Waals surface area contributed by atoms with E-state index in [1.165, 1.54) is 19.2 Å². The molecule has 6 heteroatoms. The molecule has 23 heavy (non-hydrogen) atoms. The SMILES string of the molecule is COc1ccc([C@@H]2[C@H](C(=O)O)[C@H]2S(=O)(=O)c2ccccc2)cc1. The van der Waals surface area contributed by atoms with Crippen LogP contribution in [0.2, 0.25) is 0 Å². The zero-order valence-electron chi connectivity index (χ0n) is 12.4. The van der Waals surface area contributed by atoms with Crippen LogP contribution in [0.3, 0.4) is 0 Å². The summed E-state index contributed by atoms with van der Waals surface area (Å²) in [6.07, 6.45) is 0. The average Bonchev–Trinajstić information content (AvgIpc) is 3.32. The van der Waals surface area contributed by atoms with Crippen LogP contribution in [0.15, 0.2) is 59.5 Å².